The maximum absolute atomic E-state index is 4.46. The maximum Gasteiger partial charge on any atom is 0.225 e. The predicted octanol–water partition coefficient (Wildman–Crippen LogP) is 1.82. The Morgan fingerprint density at radius 1 is 1.29 bits per heavy atom. The second-order valence-electron chi connectivity index (χ2n) is 4.94. The Hall–Kier alpha value is -1.16. The van der Waals surface area contributed by atoms with E-state index in [9.17, 15) is 0 Å². The van der Waals surface area contributed by atoms with Gasteiger partial charge in [-0.3, -0.25) is 0 Å². The third kappa shape index (κ3) is 3.40. The first-order valence-corrected chi connectivity index (χ1v) is 6.50. The maximum atomic E-state index is 4.46. The highest BCUT2D eigenvalue weighted by molar-refractivity contribution is 5.29. The van der Waals surface area contributed by atoms with Gasteiger partial charge in [-0.25, -0.2) is 9.97 Å². The normalized spacial score (nSPS) is 21.3. The van der Waals surface area contributed by atoms with Crippen molar-refractivity contribution in [3.63, 3.8) is 0 Å². The molecule has 2 rings (SSSR count). The van der Waals surface area contributed by atoms with Crippen molar-refractivity contribution in [2.24, 2.45) is 5.92 Å². The van der Waals surface area contributed by atoms with Crippen molar-refractivity contribution in [3.05, 3.63) is 18.0 Å². The van der Waals surface area contributed by atoms with E-state index in [4.69, 9.17) is 0 Å². The van der Waals surface area contributed by atoms with Crippen molar-refractivity contribution >= 4 is 5.95 Å². The van der Waals surface area contributed by atoms with Gasteiger partial charge < -0.3 is 10.2 Å². The first-order valence-electron chi connectivity index (χ1n) is 6.50. The first kappa shape index (κ1) is 12.3. The zero-order chi connectivity index (χ0) is 12.1. The van der Waals surface area contributed by atoms with E-state index in [1.165, 1.54) is 19.3 Å². The molecular formula is C13H22N4. The van der Waals surface area contributed by atoms with Gasteiger partial charge in [-0.05, 0) is 32.2 Å². The highest BCUT2D eigenvalue weighted by atomic mass is 15.2. The lowest BCUT2D eigenvalue weighted by molar-refractivity contribution is 0.521. The van der Waals surface area contributed by atoms with Gasteiger partial charge in [0.05, 0.1) is 0 Å². The molecule has 1 N–H and O–H groups in total. The van der Waals surface area contributed by atoms with E-state index < -0.39 is 0 Å². The van der Waals surface area contributed by atoms with E-state index in [-0.39, 0.29) is 0 Å². The summed E-state index contributed by atoms with van der Waals surface area (Å²) >= 11 is 0. The summed E-state index contributed by atoms with van der Waals surface area (Å²) in [6, 6.07) is 0. The number of nitrogens with zero attached hydrogens (tertiary/aromatic N) is 3. The molecule has 94 valence electrons. The Kier molecular flexibility index (Phi) is 4.31. The zero-order valence-corrected chi connectivity index (χ0v) is 10.8. The van der Waals surface area contributed by atoms with Crippen LogP contribution in [0.3, 0.4) is 0 Å². The number of nitrogens with one attached hydrogen (secondary N) is 1. The Bertz CT molecular complexity index is 336. The summed E-state index contributed by atoms with van der Waals surface area (Å²) in [5.41, 5.74) is 1.14. The number of aromatic nitrogens is 2. The van der Waals surface area contributed by atoms with Gasteiger partial charge in [0.25, 0.3) is 0 Å². The first-order chi connectivity index (χ1) is 8.29. The summed E-state index contributed by atoms with van der Waals surface area (Å²) in [6.07, 6.45) is 7.68. The summed E-state index contributed by atoms with van der Waals surface area (Å²) < 4.78 is 0. The molecule has 1 fully saturated rings. The van der Waals surface area contributed by atoms with E-state index >= 15 is 0 Å². The van der Waals surface area contributed by atoms with E-state index in [1.807, 2.05) is 19.4 Å². The molecule has 0 amide bonds. The van der Waals surface area contributed by atoms with Crippen LogP contribution in [0.2, 0.25) is 0 Å². The number of rotatable bonds is 3. The third-order valence-electron chi connectivity index (χ3n) is 3.37. The minimum absolute atomic E-state index is 0.831. The fraction of sp³-hybridized carbons (Fsp3) is 0.692. The molecule has 0 bridgehead atoms. The molecule has 17 heavy (non-hydrogen) atoms. The molecule has 0 aliphatic carbocycles. The molecule has 1 aliphatic rings. The van der Waals surface area contributed by atoms with Crippen LogP contribution in [0.4, 0.5) is 5.95 Å². The van der Waals surface area contributed by atoms with Gasteiger partial charge in [0.1, 0.15) is 0 Å². The van der Waals surface area contributed by atoms with E-state index in [0.29, 0.717) is 0 Å². The standard InChI is InChI=1S/C13H22N4/c1-11-4-3-6-17(7-5-11)13-15-9-12(8-14-2)10-16-13/h9-11,14H,3-8H2,1-2H3. The van der Waals surface area contributed by atoms with Crippen molar-refractivity contribution in [2.75, 3.05) is 25.0 Å². The molecule has 0 saturated carbocycles. The van der Waals surface area contributed by atoms with Crippen LogP contribution < -0.4 is 10.2 Å². The summed E-state index contributed by atoms with van der Waals surface area (Å²) in [5.74, 6) is 1.72. The van der Waals surface area contributed by atoms with Crippen LogP contribution in [0.15, 0.2) is 12.4 Å². The summed E-state index contributed by atoms with van der Waals surface area (Å²) in [6.45, 7) is 5.35. The zero-order valence-electron chi connectivity index (χ0n) is 10.8. The monoisotopic (exact) mass is 234 g/mol. The lowest BCUT2D eigenvalue weighted by atomic mass is 10.0. The molecule has 0 radical (unpaired) electrons. The van der Waals surface area contributed by atoms with Crippen LogP contribution in [0.5, 0.6) is 0 Å². The van der Waals surface area contributed by atoms with Crippen molar-refractivity contribution in [1.82, 2.24) is 15.3 Å². The van der Waals surface area contributed by atoms with Gasteiger partial charge in [0, 0.05) is 37.6 Å². The van der Waals surface area contributed by atoms with Gasteiger partial charge >= 0.3 is 0 Å². The molecule has 1 saturated heterocycles. The van der Waals surface area contributed by atoms with Crippen LogP contribution >= 0.6 is 0 Å². The van der Waals surface area contributed by atoms with Crippen LogP contribution in [-0.2, 0) is 6.54 Å². The molecule has 2 heterocycles. The molecule has 0 aromatic carbocycles. The minimum atomic E-state index is 0.831. The second-order valence-corrected chi connectivity index (χ2v) is 4.94. The molecule has 0 spiro atoms. The Morgan fingerprint density at radius 3 is 2.76 bits per heavy atom. The largest absolute Gasteiger partial charge is 0.341 e. The van der Waals surface area contributed by atoms with Crippen molar-refractivity contribution < 1.29 is 0 Å². The van der Waals surface area contributed by atoms with E-state index in [1.54, 1.807) is 0 Å². The van der Waals surface area contributed by atoms with Crippen LogP contribution in [0.25, 0.3) is 0 Å². The molecular weight excluding hydrogens is 212 g/mol. The topological polar surface area (TPSA) is 41.1 Å². The van der Waals surface area contributed by atoms with Crippen molar-refractivity contribution in [3.8, 4) is 0 Å². The van der Waals surface area contributed by atoms with Crippen molar-refractivity contribution in [1.29, 1.82) is 0 Å². The average Bonchev–Trinajstić information content (AvgIpc) is 2.56. The van der Waals surface area contributed by atoms with E-state index in [0.717, 1.165) is 37.1 Å². The molecule has 4 nitrogen and oxygen atoms in total. The fourth-order valence-electron chi connectivity index (χ4n) is 2.27. The average molecular weight is 234 g/mol. The van der Waals surface area contributed by atoms with Crippen molar-refractivity contribution in [2.45, 2.75) is 32.7 Å². The number of anilines is 1. The lowest BCUT2D eigenvalue weighted by Gasteiger charge is -2.20. The predicted molar refractivity (Wildman–Crippen MR) is 70.0 cm³/mol. The van der Waals surface area contributed by atoms with Gasteiger partial charge in [-0.15, -0.1) is 0 Å². The van der Waals surface area contributed by atoms with Gasteiger partial charge in [0.15, 0.2) is 0 Å². The van der Waals surface area contributed by atoms with E-state index in [2.05, 4.69) is 27.1 Å². The smallest absolute Gasteiger partial charge is 0.225 e. The summed E-state index contributed by atoms with van der Waals surface area (Å²) in [4.78, 5) is 11.2. The SMILES string of the molecule is CNCc1cnc(N2CCCC(C)CC2)nc1. The molecule has 1 unspecified atom stereocenters. The fourth-order valence-corrected chi connectivity index (χ4v) is 2.27. The Morgan fingerprint density at radius 2 is 2.06 bits per heavy atom. The summed E-state index contributed by atoms with van der Waals surface area (Å²) in [5, 5.41) is 3.11. The van der Waals surface area contributed by atoms with Crippen LogP contribution in [0, 0.1) is 5.92 Å². The van der Waals surface area contributed by atoms with Crippen LogP contribution in [0.1, 0.15) is 31.7 Å². The highest BCUT2D eigenvalue weighted by Gasteiger charge is 2.15. The quantitative estimate of drug-likeness (QED) is 0.866. The number of hydrogen-bond donors (Lipinski definition) is 1. The van der Waals surface area contributed by atoms with Crippen LogP contribution in [-0.4, -0.2) is 30.1 Å². The number of hydrogen-bond acceptors (Lipinski definition) is 4. The van der Waals surface area contributed by atoms with Gasteiger partial charge in [0.2, 0.25) is 5.95 Å². The van der Waals surface area contributed by atoms with Gasteiger partial charge in [-0.1, -0.05) is 6.92 Å². The highest BCUT2D eigenvalue weighted by Crippen LogP contribution is 2.19. The molecule has 1 aliphatic heterocycles. The summed E-state index contributed by atoms with van der Waals surface area (Å²) in [7, 11) is 1.93. The Balaban J connectivity index is 2.00. The Labute approximate surface area is 103 Å². The minimum Gasteiger partial charge on any atom is -0.341 e. The molecule has 1 aromatic rings. The molecule has 1 atom stereocenters. The molecule has 4 heteroatoms. The van der Waals surface area contributed by atoms with Gasteiger partial charge in [-0.2, -0.15) is 0 Å². The lowest BCUT2D eigenvalue weighted by Crippen LogP contribution is -2.26. The third-order valence-corrected chi connectivity index (χ3v) is 3.37. The second kappa shape index (κ2) is 5.96. The molecule has 1 aromatic heterocycles.